The molecule has 1 aromatic carbocycles. The molecule has 2 rings (SSSR count). The average Bonchev–Trinajstić information content (AvgIpc) is 2.89. The first-order valence-corrected chi connectivity index (χ1v) is 8.45. The molecule has 0 amide bonds. The molecule has 1 atom stereocenters. The van der Waals surface area contributed by atoms with Crippen molar-refractivity contribution in [1.82, 2.24) is 10.3 Å². The maximum atomic E-state index is 6.12. The van der Waals surface area contributed by atoms with Crippen molar-refractivity contribution in [2.24, 2.45) is 0 Å². The van der Waals surface area contributed by atoms with Crippen LogP contribution in [0.5, 0.6) is 0 Å². The van der Waals surface area contributed by atoms with Crippen LogP contribution in [-0.4, -0.2) is 17.8 Å². The van der Waals surface area contributed by atoms with Gasteiger partial charge in [0.25, 0.3) is 0 Å². The van der Waals surface area contributed by atoms with Crippen LogP contribution >= 0.6 is 34.7 Å². The van der Waals surface area contributed by atoms with Crippen molar-refractivity contribution < 1.29 is 0 Å². The summed E-state index contributed by atoms with van der Waals surface area (Å²) >= 11 is 9.62. The highest BCUT2D eigenvalue weighted by Crippen LogP contribution is 2.35. The van der Waals surface area contributed by atoms with Crippen LogP contribution in [0, 0.1) is 0 Å². The lowest BCUT2D eigenvalue weighted by molar-refractivity contribution is 0.648. The van der Waals surface area contributed by atoms with E-state index in [0.29, 0.717) is 0 Å². The molecule has 102 valence electrons. The van der Waals surface area contributed by atoms with Crippen LogP contribution in [0.25, 0.3) is 11.3 Å². The van der Waals surface area contributed by atoms with Gasteiger partial charge in [0.1, 0.15) is 5.01 Å². The minimum absolute atomic E-state index is 0.278. The van der Waals surface area contributed by atoms with Crippen molar-refractivity contribution in [3.63, 3.8) is 0 Å². The predicted molar refractivity (Wildman–Crippen MR) is 86.4 cm³/mol. The third kappa shape index (κ3) is 3.51. The van der Waals surface area contributed by atoms with Gasteiger partial charge in [-0.1, -0.05) is 18.5 Å². The number of nitrogens with one attached hydrogen (secondary N) is 1. The van der Waals surface area contributed by atoms with E-state index in [-0.39, 0.29) is 6.04 Å². The van der Waals surface area contributed by atoms with Gasteiger partial charge >= 0.3 is 0 Å². The van der Waals surface area contributed by atoms with Gasteiger partial charge in [-0.3, -0.25) is 0 Å². The first kappa shape index (κ1) is 14.9. The van der Waals surface area contributed by atoms with E-state index in [4.69, 9.17) is 16.6 Å². The topological polar surface area (TPSA) is 24.9 Å². The van der Waals surface area contributed by atoms with Crippen LogP contribution in [-0.2, 0) is 0 Å². The summed E-state index contributed by atoms with van der Waals surface area (Å²) in [5.41, 5.74) is 2.14. The highest BCUT2D eigenvalue weighted by atomic mass is 35.5. The summed E-state index contributed by atoms with van der Waals surface area (Å²) in [5, 5.41) is 7.18. The molecule has 1 aromatic heterocycles. The first-order valence-electron chi connectivity index (χ1n) is 6.21. The highest BCUT2D eigenvalue weighted by molar-refractivity contribution is 7.99. The van der Waals surface area contributed by atoms with Gasteiger partial charge in [-0.2, -0.15) is 0 Å². The van der Waals surface area contributed by atoms with Crippen LogP contribution in [0.2, 0.25) is 5.02 Å². The van der Waals surface area contributed by atoms with Crippen LogP contribution < -0.4 is 5.32 Å². The quantitative estimate of drug-likeness (QED) is 0.798. The fourth-order valence-electron chi connectivity index (χ4n) is 1.72. The summed E-state index contributed by atoms with van der Waals surface area (Å²) in [4.78, 5) is 5.96. The van der Waals surface area contributed by atoms with Crippen molar-refractivity contribution in [3.8, 4) is 11.3 Å². The molecule has 1 N–H and O–H groups in total. The zero-order valence-electron chi connectivity index (χ0n) is 11.2. The van der Waals surface area contributed by atoms with Gasteiger partial charge in [0.2, 0.25) is 0 Å². The Balaban J connectivity index is 2.40. The maximum Gasteiger partial charge on any atom is 0.110 e. The molecular weight excluding hydrogens is 296 g/mol. The van der Waals surface area contributed by atoms with E-state index < -0.39 is 0 Å². The normalized spacial score (nSPS) is 12.6. The van der Waals surface area contributed by atoms with Gasteiger partial charge in [-0.15, -0.1) is 23.1 Å². The molecule has 0 aliphatic rings. The average molecular weight is 313 g/mol. The summed E-state index contributed by atoms with van der Waals surface area (Å²) in [6.07, 6.45) is 0. The number of nitrogens with zero attached hydrogens (tertiary/aromatic N) is 1. The Labute approximate surface area is 127 Å². The summed E-state index contributed by atoms with van der Waals surface area (Å²) in [5.74, 6) is 1.04. The summed E-state index contributed by atoms with van der Waals surface area (Å²) < 4.78 is 0. The van der Waals surface area contributed by atoms with E-state index in [1.165, 1.54) is 4.90 Å². The minimum atomic E-state index is 0.278. The van der Waals surface area contributed by atoms with E-state index in [1.54, 1.807) is 11.3 Å². The molecule has 2 nitrogen and oxygen atoms in total. The second-order valence-corrected chi connectivity index (χ2v) is 6.79. The summed E-state index contributed by atoms with van der Waals surface area (Å²) in [7, 11) is 1.95. The first-order chi connectivity index (χ1) is 9.15. The van der Waals surface area contributed by atoms with Crippen molar-refractivity contribution in [2.45, 2.75) is 24.8 Å². The van der Waals surface area contributed by atoms with E-state index >= 15 is 0 Å². The Bertz CT molecular complexity index is 554. The lowest BCUT2D eigenvalue weighted by atomic mass is 10.2. The van der Waals surface area contributed by atoms with Gasteiger partial charge < -0.3 is 5.32 Å². The molecule has 19 heavy (non-hydrogen) atoms. The SMILES string of the molecule is CCSc1ccc(Cl)cc1-c1csc(C(C)NC)n1. The summed E-state index contributed by atoms with van der Waals surface area (Å²) in [6, 6.07) is 6.29. The fourth-order valence-corrected chi connectivity index (χ4v) is 3.57. The minimum Gasteiger partial charge on any atom is -0.311 e. The number of rotatable bonds is 5. The summed E-state index contributed by atoms with van der Waals surface area (Å²) in [6.45, 7) is 4.26. The number of thiazole rings is 1. The van der Waals surface area contributed by atoms with Crippen LogP contribution in [0.1, 0.15) is 24.9 Å². The molecule has 1 heterocycles. The van der Waals surface area contributed by atoms with E-state index in [1.807, 2.05) is 30.9 Å². The second-order valence-electron chi connectivity index (χ2n) is 4.15. The second kappa shape index (κ2) is 6.75. The third-order valence-corrected chi connectivity index (χ3v) is 5.06. The van der Waals surface area contributed by atoms with Gasteiger partial charge in [-0.05, 0) is 37.9 Å². The lowest BCUT2D eigenvalue weighted by Crippen LogP contribution is -2.11. The van der Waals surface area contributed by atoms with Crippen molar-refractivity contribution in [2.75, 3.05) is 12.8 Å². The van der Waals surface area contributed by atoms with Gasteiger partial charge in [-0.25, -0.2) is 4.98 Å². The van der Waals surface area contributed by atoms with Gasteiger partial charge in [0.15, 0.2) is 0 Å². The van der Waals surface area contributed by atoms with Crippen molar-refractivity contribution >= 4 is 34.7 Å². The number of halogens is 1. The molecule has 0 saturated heterocycles. The maximum absolute atomic E-state index is 6.12. The molecule has 5 heteroatoms. The third-order valence-electron chi connectivity index (χ3n) is 2.84. The highest BCUT2D eigenvalue weighted by Gasteiger charge is 2.13. The Morgan fingerprint density at radius 2 is 2.26 bits per heavy atom. The van der Waals surface area contributed by atoms with Crippen LogP contribution in [0.4, 0.5) is 0 Å². The van der Waals surface area contributed by atoms with Crippen LogP contribution in [0.3, 0.4) is 0 Å². The Morgan fingerprint density at radius 3 is 2.95 bits per heavy atom. The van der Waals surface area contributed by atoms with E-state index in [9.17, 15) is 0 Å². The van der Waals surface area contributed by atoms with E-state index in [0.717, 1.165) is 27.0 Å². The van der Waals surface area contributed by atoms with Gasteiger partial charge in [0.05, 0.1) is 11.7 Å². The molecule has 0 radical (unpaired) electrons. The van der Waals surface area contributed by atoms with E-state index in [2.05, 4.69) is 30.6 Å². The smallest absolute Gasteiger partial charge is 0.110 e. The standard InChI is InChI=1S/C14H17ClN2S2/c1-4-18-13-6-5-10(15)7-11(13)12-8-19-14(17-12)9(2)16-3/h5-9,16H,4H2,1-3H3. The molecule has 0 fully saturated rings. The molecule has 2 aromatic rings. The molecule has 0 aliphatic carbocycles. The van der Waals surface area contributed by atoms with Crippen LogP contribution in [0.15, 0.2) is 28.5 Å². The Morgan fingerprint density at radius 1 is 1.47 bits per heavy atom. The zero-order chi connectivity index (χ0) is 13.8. The monoisotopic (exact) mass is 312 g/mol. The zero-order valence-corrected chi connectivity index (χ0v) is 13.6. The molecule has 0 saturated carbocycles. The number of benzene rings is 1. The number of hydrogen-bond donors (Lipinski definition) is 1. The van der Waals surface area contributed by atoms with Crippen molar-refractivity contribution in [1.29, 1.82) is 0 Å². The largest absolute Gasteiger partial charge is 0.311 e. The Hall–Kier alpha value is -0.550. The molecule has 0 bridgehead atoms. The Kier molecular flexibility index (Phi) is 5.28. The molecule has 1 unspecified atom stereocenters. The fraction of sp³-hybridized carbons (Fsp3) is 0.357. The van der Waals surface area contributed by atoms with Crippen molar-refractivity contribution in [3.05, 3.63) is 33.6 Å². The number of thioether (sulfide) groups is 1. The molecule has 0 aliphatic heterocycles. The number of aromatic nitrogens is 1. The molecular formula is C14H17ClN2S2. The molecule has 0 spiro atoms. The predicted octanol–water partition coefficient (Wildman–Crippen LogP) is 4.86. The number of hydrogen-bond acceptors (Lipinski definition) is 4. The lowest BCUT2D eigenvalue weighted by Gasteiger charge is -2.07. The van der Waals surface area contributed by atoms with Gasteiger partial charge in [0, 0.05) is 20.9 Å².